The van der Waals surface area contributed by atoms with Crippen molar-refractivity contribution < 1.29 is 19.8 Å². The van der Waals surface area contributed by atoms with E-state index in [1.165, 1.54) is 11.0 Å². The summed E-state index contributed by atoms with van der Waals surface area (Å²) in [6.07, 6.45) is 0. The van der Waals surface area contributed by atoms with Crippen LogP contribution < -0.4 is 4.90 Å². The highest BCUT2D eigenvalue weighted by molar-refractivity contribution is 6.51. The fourth-order valence-electron chi connectivity index (χ4n) is 3.77. The van der Waals surface area contributed by atoms with E-state index in [4.69, 9.17) is 0 Å². The number of amides is 1. The Morgan fingerprint density at radius 2 is 1.57 bits per heavy atom. The number of phenolic OH excluding ortho intramolecular Hbond substituents is 1. The van der Waals surface area contributed by atoms with Crippen LogP contribution in [-0.2, 0) is 9.59 Å². The maximum absolute atomic E-state index is 13.1. The lowest BCUT2D eigenvalue weighted by Gasteiger charge is -2.26. The number of aliphatic hydroxyl groups excluding tert-OH is 1. The van der Waals surface area contributed by atoms with Gasteiger partial charge in [-0.25, -0.2) is 0 Å². The van der Waals surface area contributed by atoms with Crippen LogP contribution in [0.5, 0.6) is 5.75 Å². The van der Waals surface area contributed by atoms with Gasteiger partial charge in [-0.05, 0) is 31.5 Å². The number of para-hydroxylation sites is 2. The predicted octanol–water partition coefficient (Wildman–Crippen LogP) is 4.64. The average Bonchev–Trinajstić information content (AvgIpc) is 2.99. The highest BCUT2D eigenvalue weighted by Gasteiger charge is 2.47. The second kappa shape index (κ2) is 7.52. The Balaban J connectivity index is 1.98. The monoisotopic (exact) mass is 399 g/mol. The Bertz CT molecular complexity index is 1180. The van der Waals surface area contributed by atoms with Gasteiger partial charge in [0.05, 0.1) is 17.3 Å². The SMILES string of the molecule is Cc1ccc(/C(O)=C2/C(=O)C(=O)N(c3ccccc3O)C2c2cccc(C)c2)cc1. The minimum atomic E-state index is -0.862. The Kier molecular flexibility index (Phi) is 4.88. The molecule has 150 valence electrons. The van der Waals surface area contributed by atoms with Crippen molar-refractivity contribution in [2.75, 3.05) is 4.90 Å². The van der Waals surface area contributed by atoms with Crippen molar-refractivity contribution in [3.8, 4) is 5.75 Å². The molecule has 1 fully saturated rings. The van der Waals surface area contributed by atoms with Crippen LogP contribution in [0.4, 0.5) is 5.69 Å². The summed E-state index contributed by atoms with van der Waals surface area (Å²) >= 11 is 0. The quantitative estimate of drug-likeness (QED) is 0.382. The molecule has 1 atom stereocenters. The largest absolute Gasteiger partial charge is 0.507 e. The lowest BCUT2D eigenvalue weighted by Crippen LogP contribution is -2.29. The normalized spacial score (nSPS) is 18.1. The third kappa shape index (κ3) is 3.24. The molecule has 30 heavy (non-hydrogen) atoms. The van der Waals surface area contributed by atoms with Crippen LogP contribution in [-0.4, -0.2) is 21.9 Å². The van der Waals surface area contributed by atoms with Crippen molar-refractivity contribution >= 4 is 23.1 Å². The van der Waals surface area contributed by atoms with Gasteiger partial charge in [-0.1, -0.05) is 71.8 Å². The number of aliphatic hydroxyl groups is 1. The van der Waals surface area contributed by atoms with E-state index in [0.717, 1.165) is 11.1 Å². The standard InChI is InChI=1S/C25H21NO4/c1-15-10-12-17(13-11-15)23(28)21-22(18-7-5-6-16(2)14-18)26(25(30)24(21)29)19-8-3-4-9-20(19)27/h3-14,22,27-28H,1-2H3/b23-21-. The molecule has 1 saturated heterocycles. The minimum Gasteiger partial charge on any atom is -0.507 e. The van der Waals surface area contributed by atoms with Gasteiger partial charge >= 0.3 is 0 Å². The first-order valence-electron chi connectivity index (χ1n) is 9.61. The molecule has 3 aromatic carbocycles. The zero-order chi connectivity index (χ0) is 21.4. The lowest BCUT2D eigenvalue weighted by atomic mass is 9.94. The van der Waals surface area contributed by atoms with Crippen LogP contribution in [0.2, 0.25) is 0 Å². The van der Waals surface area contributed by atoms with Gasteiger partial charge < -0.3 is 10.2 Å². The molecular formula is C25H21NO4. The Labute approximate surface area is 174 Å². The van der Waals surface area contributed by atoms with Crippen LogP contribution in [0.3, 0.4) is 0 Å². The molecule has 5 nitrogen and oxygen atoms in total. The van der Waals surface area contributed by atoms with Crippen molar-refractivity contribution in [3.05, 3.63) is 101 Å². The summed E-state index contributed by atoms with van der Waals surface area (Å²) in [5.41, 5.74) is 3.30. The molecular weight excluding hydrogens is 378 g/mol. The average molecular weight is 399 g/mol. The van der Waals surface area contributed by atoms with E-state index in [2.05, 4.69) is 0 Å². The van der Waals surface area contributed by atoms with E-state index < -0.39 is 17.7 Å². The van der Waals surface area contributed by atoms with Gasteiger partial charge in [0.2, 0.25) is 0 Å². The summed E-state index contributed by atoms with van der Waals surface area (Å²) in [5, 5.41) is 21.4. The number of aryl methyl sites for hydroxylation is 2. The summed E-state index contributed by atoms with van der Waals surface area (Å²) in [7, 11) is 0. The lowest BCUT2D eigenvalue weighted by molar-refractivity contribution is -0.132. The van der Waals surface area contributed by atoms with Crippen LogP contribution in [0.25, 0.3) is 5.76 Å². The van der Waals surface area contributed by atoms with Gasteiger partial charge in [-0.2, -0.15) is 0 Å². The fourth-order valence-corrected chi connectivity index (χ4v) is 3.77. The summed E-state index contributed by atoms with van der Waals surface area (Å²) in [6, 6.07) is 20.0. The molecule has 5 heteroatoms. The molecule has 0 bridgehead atoms. The molecule has 0 spiro atoms. The third-order valence-corrected chi connectivity index (χ3v) is 5.27. The number of ketones is 1. The molecule has 2 N–H and O–H groups in total. The van der Waals surface area contributed by atoms with Gasteiger partial charge in [-0.15, -0.1) is 0 Å². The number of Topliss-reactive ketones (excluding diaryl/α,β-unsaturated/α-hetero) is 1. The number of carbonyl (C=O) groups excluding carboxylic acids is 2. The van der Waals surface area contributed by atoms with Crippen molar-refractivity contribution in [2.24, 2.45) is 0 Å². The van der Waals surface area contributed by atoms with Crippen LogP contribution in [0, 0.1) is 13.8 Å². The van der Waals surface area contributed by atoms with Crippen molar-refractivity contribution in [3.63, 3.8) is 0 Å². The van der Waals surface area contributed by atoms with E-state index in [0.29, 0.717) is 11.1 Å². The minimum absolute atomic E-state index is 0.00212. The number of benzene rings is 3. The first kappa shape index (κ1) is 19.5. The van der Waals surface area contributed by atoms with Crippen molar-refractivity contribution in [1.82, 2.24) is 0 Å². The predicted molar refractivity (Wildman–Crippen MR) is 115 cm³/mol. The molecule has 1 aliphatic heterocycles. The van der Waals surface area contributed by atoms with E-state index in [1.54, 1.807) is 36.4 Å². The molecule has 3 aromatic rings. The van der Waals surface area contributed by atoms with Crippen LogP contribution in [0.1, 0.15) is 28.3 Å². The molecule has 4 rings (SSSR count). The van der Waals surface area contributed by atoms with Gasteiger partial charge in [0.25, 0.3) is 11.7 Å². The number of nitrogens with zero attached hydrogens (tertiary/aromatic N) is 1. The maximum atomic E-state index is 13.1. The first-order valence-corrected chi connectivity index (χ1v) is 9.61. The number of carbonyl (C=O) groups is 2. The maximum Gasteiger partial charge on any atom is 0.300 e. The second-order valence-corrected chi connectivity index (χ2v) is 7.44. The Morgan fingerprint density at radius 3 is 2.23 bits per heavy atom. The number of aromatic hydroxyl groups is 1. The number of hydrogen-bond donors (Lipinski definition) is 2. The summed E-state index contributed by atoms with van der Waals surface area (Å²) in [6.45, 7) is 3.84. The van der Waals surface area contributed by atoms with Gasteiger partial charge in [0.15, 0.2) is 0 Å². The molecule has 0 aromatic heterocycles. The highest BCUT2D eigenvalue weighted by Crippen LogP contribution is 2.44. The van der Waals surface area contributed by atoms with Crippen LogP contribution >= 0.6 is 0 Å². The molecule has 1 amide bonds. The molecule has 0 aliphatic carbocycles. The number of hydrogen-bond acceptors (Lipinski definition) is 4. The number of anilines is 1. The smallest absolute Gasteiger partial charge is 0.300 e. The molecule has 0 saturated carbocycles. The summed E-state index contributed by atoms with van der Waals surface area (Å²) < 4.78 is 0. The third-order valence-electron chi connectivity index (χ3n) is 5.27. The summed E-state index contributed by atoms with van der Waals surface area (Å²) in [5.74, 6) is -1.94. The Morgan fingerprint density at radius 1 is 0.867 bits per heavy atom. The van der Waals surface area contributed by atoms with E-state index >= 15 is 0 Å². The number of phenols is 1. The molecule has 1 aliphatic rings. The van der Waals surface area contributed by atoms with Crippen molar-refractivity contribution in [2.45, 2.75) is 19.9 Å². The Hall–Kier alpha value is -3.86. The van der Waals surface area contributed by atoms with Gasteiger partial charge in [0, 0.05) is 5.56 Å². The summed E-state index contributed by atoms with van der Waals surface area (Å²) in [4.78, 5) is 27.4. The molecule has 0 radical (unpaired) electrons. The second-order valence-electron chi connectivity index (χ2n) is 7.44. The fraction of sp³-hybridized carbons (Fsp3) is 0.120. The van der Waals surface area contributed by atoms with E-state index in [-0.39, 0.29) is 22.8 Å². The van der Waals surface area contributed by atoms with E-state index in [9.17, 15) is 19.8 Å². The van der Waals surface area contributed by atoms with Gasteiger partial charge in [-0.3, -0.25) is 14.5 Å². The molecule has 1 unspecified atom stereocenters. The van der Waals surface area contributed by atoms with E-state index in [1.807, 2.05) is 44.2 Å². The van der Waals surface area contributed by atoms with Gasteiger partial charge in [0.1, 0.15) is 11.5 Å². The van der Waals surface area contributed by atoms with Crippen LogP contribution in [0.15, 0.2) is 78.4 Å². The number of rotatable bonds is 3. The zero-order valence-electron chi connectivity index (χ0n) is 16.7. The topological polar surface area (TPSA) is 77.8 Å². The molecule has 1 heterocycles. The zero-order valence-corrected chi connectivity index (χ0v) is 16.7. The van der Waals surface area contributed by atoms with Crippen molar-refractivity contribution in [1.29, 1.82) is 0 Å². The highest BCUT2D eigenvalue weighted by atomic mass is 16.3. The first-order chi connectivity index (χ1) is 14.4.